The molecule has 1 amide bonds. The SMILES string of the molecule is COc1cccc(NC(=O)CN(C)CC(=O)c2cc(C)n(-c3ccc4c(c3)OCCO4)c2C)c1. The summed E-state index contributed by atoms with van der Waals surface area (Å²) in [6.45, 7) is 5.15. The smallest absolute Gasteiger partial charge is 0.238 e. The van der Waals surface area contributed by atoms with Crippen molar-refractivity contribution >= 4 is 17.4 Å². The molecular weight excluding hydrogens is 434 g/mol. The fourth-order valence-electron chi connectivity index (χ4n) is 4.15. The molecule has 3 aromatic rings. The Balaban J connectivity index is 1.42. The second-order valence-corrected chi connectivity index (χ2v) is 8.32. The fraction of sp³-hybridized carbons (Fsp3) is 0.308. The van der Waals surface area contributed by atoms with E-state index in [1.54, 1.807) is 37.3 Å². The highest BCUT2D eigenvalue weighted by molar-refractivity contribution is 6.00. The zero-order valence-corrected chi connectivity index (χ0v) is 19.9. The van der Waals surface area contributed by atoms with E-state index in [0.717, 1.165) is 22.8 Å². The molecule has 0 bridgehead atoms. The number of fused-ring (bicyclic) bond motifs is 1. The lowest BCUT2D eigenvalue weighted by atomic mass is 10.1. The number of nitrogens with one attached hydrogen (secondary N) is 1. The minimum Gasteiger partial charge on any atom is -0.497 e. The lowest BCUT2D eigenvalue weighted by Gasteiger charge is -2.20. The molecule has 0 radical (unpaired) electrons. The first-order chi connectivity index (χ1) is 16.4. The molecule has 0 fully saturated rings. The van der Waals surface area contributed by atoms with Gasteiger partial charge in [-0.1, -0.05) is 6.07 Å². The molecule has 0 atom stereocenters. The Morgan fingerprint density at radius 2 is 1.79 bits per heavy atom. The van der Waals surface area contributed by atoms with Gasteiger partial charge in [0.25, 0.3) is 0 Å². The zero-order valence-electron chi connectivity index (χ0n) is 19.9. The van der Waals surface area contributed by atoms with E-state index in [2.05, 4.69) is 5.32 Å². The normalized spacial score (nSPS) is 12.5. The maximum atomic E-state index is 13.1. The van der Waals surface area contributed by atoms with Crippen LogP contribution in [0.4, 0.5) is 5.69 Å². The number of hydrogen-bond donors (Lipinski definition) is 1. The lowest BCUT2D eigenvalue weighted by Crippen LogP contribution is -2.34. The number of anilines is 1. The summed E-state index contributed by atoms with van der Waals surface area (Å²) in [4.78, 5) is 27.2. The van der Waals surface area contributed by atoms with Crippen LogP contribution < -0.4 is 19.5 Å². The van der Waals surface area contributed by atoms with Crippen LogP contribution in [-0.4, -0.2) is 61.6 Å². The molecule has 0 unspecified atom stereocenters. The highest BCUT2D eigenvalue weighted by Gasteiger charge is 2.20. The van der Waals surface area contributed by atoms with Crippen molar-refractivity contribution in [3.63, 3.8) is 0 Å². The molecule has 0 saturated carbocycles. The van der Waals surface area contributed by atoms with Crippen molar-refractivity contribution < 1.29 is 23.8 Å². The lowest BCUT2D eigenvalue weighted by molar-refractivity contribution is -0.116. The Kier molecular flexibility index (Phi) is 6.88. The molecule has 8 heteroatoms. The number of ketones is 1. The summed E-state index contributed by atoms with van der Waals surface area (Å²) >= 11 is 0. The van der Waals surface area contributed by atoms with Crippen molar-refractivity contribution in [2.24, 2.45) is 0 Å². The van der Waals surface area contributed by atoms with E-state index in [1.165, 1.54) is 0 Å². The molecule has 2 aromatic carbocycles. The first kappa shape index (κ1) is 23.4. The van der Waals surface area contributed by atoms with Crippen molar-refractivity contribution in [1.29, 1.82) is 0 Å². The third kappa shape index (κ3) is 5.07. The number of ether oxygens (including phenoxy) is 3. The number of rotatable bonds is 8. The predicted octanol–water partition coefficient (Wildman–Crippen LogP) is 3.63. The number of hydrogen-bond acceptors (Lipinski definition) is 6. The third-order valence-corrected chi connectivity index (χ3v) is 5.70. The molecule has 0 aliphatic carbocycles. The Morgan fingerprint density at radius 3 is 2.56 bits per heavy atom. The average Bonchev–Trinajstić information content (AvgIpc) is 3.12. The van der Waals surface area contributed by atoms with Gasteiger partial charge in [-0.3, -0.25) is 14.5 Å². The van der Waals surface area contributed by atoms with E-state index in [1.807, 2.05) is 48.7 Å². The predicted molar refractivity (Wildman–Crippen MR) is 130 cm³/mol. The van der Waals surface area contributed by atoms with Gasteiger partial charge in [-0.05, 0) is 51.2 Å². The topological polar surface area (TPSA) is 82.0 Å². The fourth-order valence-corrected chi connectivity index (χ4v) is 4.15. The molecule has 8 nitrogen and oxygen atoms in total. The summed E-state index contributed by atoms with van der Waals surface area (Å²) in [5, 5.41) is 2.83. The van der Waals surface area contributed by atoms with E-state index in [9.17, 15) is 9.59 Å². The summed E-state index contributed by atoms with van der Waals surface area (Å²) in [5.41, 5.74) is 3.97. The van der Waals surface area contributed by atoms with Crippen molar-refractivity contribution in [3.8, 4) is 22.9 Å². The van der Waals surface area contributed by atoms with E-state index in [4.69, 9.17) is 14.2 Å². The number of methoxy groups -OCH3 is 1. The van der Waals surface area contributed by atoms with Gasteiger partial charge in [-0.25, -0.2) is 0 Å². The molecular formula is C26H29N3O5. The molecule has 178 valence electrons. The van der Waals surface area contributed by atoms with Crippen LogP contribution in [-0.2, 0) is 4.79 Å². The zero-order chi connectivity index (χ0) is 24.2. The number of carbonyl (C=O) groups is 2. The van der Waals surface area contributed by atoms with Gasteiger partial charge < -0.3 is 24.1 Å². The maximum Gasteiger partial charge on any atom is 0.238 e. The van der Waals surface area contributed by atoms with Crippen molar-refractivity contribution in [2.75, 3.05) is 45.8 Å². The number of benzene rings is 2. The van der Waals surface area contributed by atoms with Gasteiger partial charge in [0.15, 0.2) is 17.3 Å². The molecule has 1 aliphatic rings. The summed E-state index contributed by atoms with van der Waals surface area (Å²) in [5.74, 6) is 1.84. The van der Waals surface area contributed by atoms with Gasteiger partial charge in [-0.2, -0.15) is 0 Å². The van der Waals surface area contributed by atoms with Crippen LogP contribution in [0.3, 0.4) is 0 Å². The minimum absolute atomic E-state index is 0.0476. The van der Waals surface area contributed by atoms with Crippen LogP contribution in [0.2, 0.25) is 0 Å². The molecule has 0 saturated heterocycles. The monoisotopic (exact) mass is 463 g/mol. The van der Waals surface area contributed by atoms with Gasteiger partial charge in [0.2, 0.25) is 5.91 Å². The number of nitrogens with zero attached hydrogens (tertiary/aromatic N) is 2. The molecule has 2 heterocycles. The van der Waals surface area contributed by atoms with Gasteiger partial charge in [0.05, 0.1) is 20.2 Å². The third-order valence-electron chi connectivity index (χ3n) is 5.70. The van der Waals surface area contributed by atoms with E-state index in [0.29, 0.717) is 36.0 Å². The number of likely N-dealkylation sites (N-methyl/N-ethyl adjacent to an activating group) is 1. The van der Waals surface area contributed by atoms with Crippen molar-refractivity contribution in [2.45, 2.75) is 13.8 Å². The maximum absolute atomic E-state index is 13.1. The highest BCUT2D eigenvalue weighted by Crippen LogP contribution is 2.33. The Labute approximate surface area is 199 Å². The van der Waals surface area contributed by atoms with Gasteiger partial charge in [-0.15, -0.1) is 0 Å². The van der Waals surface area contributed by atoms with Crippen LogP contribution in [0.1, 0.15) is 21.7 Å². The molecule has 1 aliphatic heterocycles. The Morgan fingerprint density at radius 1 is 1.03 bits per heavy atom. The first-order valence-electron chi connectivity index (χ1n) is 11.1. The number of aryl methyl sites for hydroxylation is 1. The molecule has 1 aromatic heterocycles. The summed E-state index contributed by atoms with van der Waals surface area (Å²) < 4.78 is 18.5. The Hall–Kier alpha value is -3.78. The van der Waals surface area contributed by atoms with Crippen LogP contribution in [0.25, 0.3) is 5.69 Å². The van der Waals surface area contributed by atoms with Crippen LogP contribution >= 0.6 is 0 Å². The molecule has 4 rings (SSSR count). The molecule has 0 spiro atoms. The summed E-state index contributed by atoms with van der Waals surface area (Å²) in [6, 6.07) is 14.8. The summed E-state index contributed by atoms with van der Waals surface area (Å²) in [6.07, 6.45) is 0. The van der Waals surface area contributed by atoms with E-state index >= 15 is 0 Å². The number of amides is 1. The average molecular weight is 464 g/mol. The number of aromatic nitrogens is 1. The first-order valence-corrected chi connectivity index (χ1v) is 11.1. The van der Waals surface area contributed by atoms with Gasteiger partial charge in [0.1, 0.15) is 19.0 Å². The van der Waals surface area contributed by atoms with E-state index < -0.39 is 0 Å². The Bertz CT molecular complexity index is 1220. The number of Topliss-reactive ketones (excluding diaryl/α,β-unsaturated/α-hetero) is 1. The van der Waals surface area contributed by atoms with Crippen LogP contribution in [0, 0.1) is 13.8 Å². The largest absolute Gasteiger partial charge is 0.497 e. The second-order valence-electron chi connectivity index (χ2n) is 8.32. The standard InChI is InChI=1S/C26H29N3O5/c1-17-12-22(18(2)29(17)20-8-9-24-25(14-20)34-11-10-33-24)23(30)15-28(3)16-26(31)27-19-6-5-7-21(13-19)32-4/h5-9,12-14H,10-11,15-16H2,1-4H3,(H,27,31). The molecule has 1 N–H and O–H groups in total. The van der Waals surface area contributed by atoms with Gasteiger partial charge in [0, 0.05) is 40.5 Å². The quantitative estimate of drug-likeness (QED) is 0.514. The van der Waals surface area contributed by atoms with Crippen LogP contribution in [0.15, 0.2) is 48.5 Å². The number of carbonyl (C=O) groups excluding carboxylic acids is 2. The second kappa shape index (κ2) is 10.0. The minimum atomic E-state index is -0.203. The van der Waals surface area contributed by atoms with Crippen LogP contribution in [0.5, 0.6) is 17.2 Å². The van der Waals surface area contributed by atoms with E-state index in [-0.39, 0.29) is 24.8 Å². The van der Waals surface area contributed by atoms with Crippen molar-refractivity contribution in [3.05, 3.63) is 65.5 Å². The summed E-state index contributed by atoms with van der Waals surface area (Å²) in [7, 11) is 3.33. The van der Waals surface area contributed by atoms with Crippen molar-refractivity contribution in [1.82, 2.24) is 9.47 Å². The van der Waals surface area contributed by atoms with Gasteiger partial charge >= 0.3 is 0 Å². The highest BCUT2D eigenvalue weighted by atomic mass is 16.6. The molecule has 34 heavy (non-hydrogen) atoms.